The molecular formula is C12H17BrN2O2. The van der Waals surface area contributed by atoms with Crippen LogP contribution >= 0.6 is 15.9 Å². The second-order valence-corrected chi connectivity index (χ2v) is 4.76. The van der Waals surface area contributed by atoms with Gasteiger partial charge in [0.1, 0.15) is 0 Å². The highest BCUT2D eigenvalue weighted by molar-refractivity contribution is 9.10. The Labute approximate surface area is 110 Å². The molecule has 0 aliphatic heterocycles. The van der Waals surface area contributed by atoms with Crippen molar-refractivity contribution in [3.05, 3.63) is 32.8 Å². The molecule has 1 rings (SSSR count). The molecule has 5 heteroatoms. The van der Waals surface area contributed by atoms with E-state index in [4.69, 9.17) is 0 Å². The van der Waals surface area contributed by atoms with E-state index in [1.807, 2.05) is 0 Å². The molecule has 0 fully saturated rings. The summed E-state index contributed by atoms with van der Waals surface area (Å²) >= 11 is 3.38. The summed E-state index contributed by atoms with van der Waals surface area (Å²) in [5, 5.41) is 13.9. The van der Waals surface area contributed by atoms with Crippen LogP contribution in [0.5, 0.6) is 0 Å². The lowest BCUT2D eigenvalue weighted by molar-refractivity contribution is -0.384. The summed E-state index contributed by atoms with van der Waals surface area (Å²) in [6.45, 7) is 3.02. The normalized spacial score (nSPS) is 10.2. The number of nitrogens with zero attached hydrogens (tertiary/aromatic N) is 1. The van der Waals surface area contributed by atoms with Gasteiger partial charge in [0.15, 0.2) is 0 Å². The van der Waals surface area contributed by atoms with Crippen LogP contribution < -0.4 is 5.32 Å². The van der Waals surface area contributed by atoms with Gasteiger partial charge in [-0.25, -0.2) is 0 Å². The van der Waals surface area contributed by atoms with Crippen molar-refractivity contribution in [2.75, 3.05) is 11.9 Å². The van der Waals surface area contributed by atoms with Crippen molar-refractivity contribution >= 4 is 27.3 Å². The van der Waals surface area contributed by atoms with E-state index in [9.17, 15) is 10.1 Å². The van der Waals surface area contributed by atoms with Gasteiger partial charge >= 0.3 is 0 Å². The van der Waals surface area contributed by atoms with E-state index < -0.39 is 0 Å². The molecule has 0 aliphatic carbocycles. The van der Waals surface area contributed by atoms with Crippen LogP contribution in [0.25, 0.3) is 0 Å². The summed E-state index contributed by atoms with van der Waals surface area (Å²) in [4.78, 5) is 10.3. The van der Waals surface area contributed by atoms with E-state index >= 15 is 0 Å². The fourth-order valence-corrected chi connectivity index (χ4v) is 1.92. The minimum absolute atomic E-state index is 0.115. The highest BCUT2D eigenvalue weighted by Gasteiger charge is 2.08. The van der Waals surface area contributed by atoms with Crippen molar-refractivity contribution < 1.29 is 4.92 Å². The van der Waals surface area contributed by atoms with Gasteiger partial charge < -0.3 is 5.32 Å². The summed E-state index contributed by atoms with van der Waals surface area (Å²) in [7, 11) is 0. The van der Waals surface area contributed by atoms with Gasteiger partial charge in [-0.15, -0.1) is 0 Å². The fourth-order valence-electron chi connectivity index (χ4n) is 1.54. The summed E-state index contributed by atoms with van der Waals surface area (Å²) in [5.41, 5.74) is 0.903. The molecular weight excluding hydrogens is 284 g/mol. The van der Waals surface area contributed by atoms with Crippen molar-refractivity contribution in [3.8, 4) is 0 Å². The zero-order chi connectivity index (χ0) is 12.7. The maximum Gasteiger partial charge on any atom is 0.271 e. The van der Waals surface area contributed by atoms with Gasteiger partial charge in [0.25, 0.3) is 5.69 Å². The lowest BCUT2D eigenvalue weighted by atomic mass is 10.2. The molecule has 0 aliphatic rings. The lowest BCUT2D eigenvalue weighted by Gasteiger charge is -2.08. The molecule has 0 unspecified atom stereocenters. The fraction of sp³-hybridized carbons (Fsp3) is 0.500. The first-order valence-corrected chi connectivity index (χ1v) is 6.62. The second kappa shape index (κ2) is 7.27. The third-order valence-electron chi connectivity index (χ3n) is 2.51. The summed E-state index contributed by atoms with van der Waals surface area (Å²) < 4.78 is 0.860. The third-order valence-corrected chi connectivity index (χ3v) is 3.20. The van der Waals surface area contributed by atoms with E-state index in [2.05, 4.69) is 28.2 Å². The third kappa shape index (κ3) is 4.73. The highest BCUT2D eigenvalue weighted by Crippen LogP contribution is 2.27. The van der Waals surface area contributed by atoms with E-state index in [0.717, 1.165) is 23.1 Å². The van der Waals surface area contributed by atoms with Crippen molar-refractivity contribution in [1.29, 1.82) is 0 Å². The van der Waals surface area contributed by atoms with Crippen LogP contribution in [0.2, 0.25) is 0 Å². The van der Waals surface area contributed by atoms with Crippen molar-refractivity contribution in [2.45, 2.75) is 32.6 Å². The molecule has 0 radical (unpaired) electrons. The number of unbranched alkanes of at least 4 members (excludes halogenated alkanes) is 3. The van der Waals surface area contributed by atoms with Crippen LogP contribution in [0.15, 0.2) is 22.7 Å². The van der Waals surface area contributed by atoms with Gasteiger partial charge in [0.2, 0.25) is 0 Å². The Kier molecular flexibility index (Phi) is 5.97. The van der Waals surface area contributed by atoms with Gasteiger partial charge in [-0.3, -0.25) is 10.1 Å². The van der Waals surface area contributed by atoms with E-state index in [1.165, 1.54) is 25.3 Å². The molecule has 0 spiro atoms. The minimum Gasteiger partial charge on any atom is -0.384 e. The Morgan fingerprint density at radius 1 is 1.35 bits per heavy atom. The molecule has 17 heavy (non-hydrogen) atoms. The molecule has 0 aromatic heterocycles. The second-order valence-electron chi connectivity index (χ2n) is 3.91. The van der Waals surface area contributed by atoms with Crippen molar-refractivity contribution in [2.24, 2.45) is 0 Å². The molecule has 94 valence electrons. The average Bonchev–Trinajstić information content (AvgIpc) is 2.30. The number of non-ortho nitro benzene ring substituents is 1. The van der Waals surface area contributed by atoms with Crippen LogP contribution in [0.3, 0.4) is 0 Å². The Morgan fingerprint density at radius 3 is 2.76 bits per heavy atom. The number of rotatable bonds is 7. The zero-order valence-corrected chi connectivity index (χ0v) is 11.5. The molecule has 0 amide bonds. The number of nitro groups is 1. The van der Waals surface area contributed by atoms with Crippen molar-refractivity contribution in [3.63, 3.8) is 0 Å². The molecule has 4 nitrogen and oxygen atoms in total. The van der Waals surface area contributed by atoms with Crippen LogP contribution in [0.4, 0.5) is 11.4 Å². The summed E-state index contributed by atoms with van der Waals surface area (Å²) in [5.74, 6) is 0. The number of benzene rings is 1. The maximum atomic E-state index is 10.6. The number of anilines is 1. The number of hydrogen-bond acceptors (Lipinski definition) is 3. The Balaban J connectivity index is 2.51. The number of hydrogen-bond donors (Lipinski definition) is 1. The summed E-state index contributed by atoms with van der Waals surface area (Å²) in [6, 6.07) is 4.75. The van der Waals surface area contributed by atoms with Crippen LogP contribution in [0.1, 0.15) is 32.6 Å². The van der Waals surface area contributed by atoms with E-state index in [1.54, 1.807) is 12.1 Å². The molecule has 0 heterocycles. The first-order valence-electron chi connectivity index (χ1n) is 5.83. The van der Waals surface area contributed by atoms with Gasteiger partial charge in [0.05, 0.1) is 10.6 Å². The average molecular weight is 301 g/mol. The minimum atomic E-state index is -0.380. The Morgan fingerprint density at radius 2 is 2.12 bits per heavy atom. The quantitative estimate of drug-likeness (QED) is 0.463. The summed E-state index contributed by atoms with van der Waals surface area (Å²) in [6.07, 6.45) is 4.72. The first kappa shape index (κ1) is 14.0. The van der Waals surface area contributed by atoms with Crippen LogP contribution in [-0.4, -0.2) is 11.5 Å². The standard InChI is InChI=1S/C12H17BrN2O2/c1-2-3-4-5-8-14-12-9-10(15(16)17)6-7-11(12)13/h6-7,9,14H,2-5,8H2,1H3. The maximum absolute atomic E-state index is 10.6. The van der Waals surface area contributed by atoms with E-state index in [0.29, 0.717) is 0 Å². The van der Waals surface area contributed by atoms with E-state index in [-0.39, 0.29) is 10.6 Å². The van der Waals surface area contributed by atoms with Crippen molar-refractivity contribution in [1.82, 2.24) is 0 Å². The largest absolute Gasteiger partial charge is 0.384 e. The highest BCUT2D eigenvalue weighted by atomic mass is 79.9. The topological polar surface area (TPSA) is 55.2 Å². The lowest BCUT2D eigenvalue weighted by Crippen LogP contribution is -2.02. The molecule has 1 aromatic carbocycles. The predicted octanol–water partition coefficient (Wildman–Crippen LogP) is 4.35. The monoisotopic (exact) mass is 300 g/mol. The molecule has 0 bridgehead atoms. The molecule has 1 aromatic rings. The first-order chi connectivity index (χ1) is 8.15. The predicted molar refractivity (Wildman–Crippen MR) is 73.4 cm³/mol. The van der Waals surface area contributed by atoms with Crippen LogP contribution in [-0.2, 0) is 0 Å². The van der Waals surface area contributed by atoms with Gasteiger partial charge in [-0.1, -0.05) is 26.2 Å². The number of nitro benzene ring substituents is 1. The molecule has 1 N–H and O–H groups in total. The zero-order valence-electron chi connectivity index (χ0n) is 9.91. The molecule has 0 atom stereocenters. The Bertz CT molecular complexity index is 383. The molecule has 0 saturated carbocycles. The number of nitrogens with one attached hydrogen (secondary N) is 1. The van der Waals surface area contributed by atoms with Crippen LogP contribution in [0, 0.1) is 10.1 Å². The smallest absolute Gasteiger partial charge is 0.271 e. The Hall–Kier alpha value is -1.10. The van der Waals surface area contributed by atoms with Gasteiger partial charge in [0, 0.05) is 23.2 Å². The van der Waals surface area contributed by atoms with Gasteiger partial charge in [-0.05, 0) is 28.4 Å². The number of halogens is 1. The SMILES string of the molecule is CCCCCCNc1cc([N+](=O)[O-])ccc1Br. The van der Waals surface area contributed by atoms with Gasteiger partial charge in [-0.2, -0.15) is 0 Å². The molecule has 0 saturated heterocycles.